The molecule has 0 aliphatic heterocycles. The van der Waals surface area contributed by atoms with Crippen molar-refractivity contribution in [1.82, 2.24) is 10.3 Å². The fraction of sp³-hybridized carbons (Fsp3) is 0.0455. The maximum absolute atomic E-state index is 12.5. The van der Waals surface area contributed by atoms with Gasteiger partial charge in [0.05, 0.1) is 22.7 Å². The molecular formula is C22H15Cl2N3O3S. The fourth-order valence-electron chi connectivity index (χ4n) is 2.90. The van der Waals surface area contributed by atoms with Gasteiger partial charge in [0.25, 0.3) is 5.91 Å². The van der Waals surface area contributed by atoms with Gasteiger partial charge in [0.15, 0.2) is 10.7 Å². The molecule has 0 fully saturated rings. The van der Waals surface area contributed by atoms with Crippen molar-refractivity contribution in [1.29, 1.82) is 0 Å². The minimum atomic E-state index is -0.407. The Morgan fingerprint density at radius 1 is 1.06 bits per heavy atom. The smallest absolute Gasteiger partial charge is 0.257 e. The molecule has 1 heterocycles. The van der Waals surface area contributed by atoms with Gasteiger partial charge < -0.3 is 14.5 Å². The molecule has 0 aliphatic carbocycles. The van der Waals surface area contributed by atoms with Crippen molar-refractivity contribution >= 4 is 63.2 Å². The summed E-state index contributed by atoms with van der Waals surface area (Å²) >= 11 is 17.7. The summed E-state index contributed by atoms with van der Waals surface area (Å²) in [5.74, 6) is 0.458. The first-order valence-electron chi connectivity index (χ1n) is 9.06. The molecular weight excluding hydrogens is 457 g/mol. The number of para-hydroxylation sites is 2. The maximum Gasteiger partial charge on any atom is 0.257 e. The largest absolute Gasteiger partial charge is 0.495 e. The van der Waals surface area contributed by atoms with Crippen molar-refractivity contribution < 1.29 is 13.9 Å². The number of hydrogen-bond donors (Lipinski definition) is 2. The number of amides is 1. The number of nitrogens with one attached hydrogen (secondary N) is 2. The molecule has 3 aromatic carbocycles. The highest BCUT2D eigenvalue weighted by atomic mass is 35.5. The van der Waals surface area contributed by atoms with Crippen LogP contribution in [0.1, 0.15) is 10.4 Å². The summed E-state index contributed by atoms with van der Waals surface area (Å²) in [5, 5.41) is 6.49. The van der Waals surface area contributed by atoms with Gasteiger partial charge in [0, 0.05) is 11.3 Å². The van der Waals surface area contributed by atoms with Gasteiger partial charge in [0.2, 0.25) is 5.89 Å². The molecule has 4 rings (SSSR count). The number of thiocarbonyl (C=S) groups is 1. The molecule has 31 heavy (non-hydrogen) atoms. The van der Waals surface area contributed by atoms with Crippen LogP contribution in [0.15, 0.2) is 65.1 Å². The molecule has 0 radical (unpaired) electrons. The molecule has 0 atom stereocenters. The zero-order chi connectivity index (χ0) is 22.0. The Hall–Kier alpha value is -3.13. The summed E-state index contributed by atoms with van der Waals surface area (Å²) < 4.78 is 10.9. The Morgan fingerprint density at radius 3 is 2.61 bits per heavy atom. The molecule has 0 aliphatic rings. The first kappa shape index (κ1) is 21.1. The first-order chi connectivity index (χ1) is 14.9. The number of oxazole rings is 1. The zero-order valence-electron chi connectivity index (χ0n) is 16.1. The van der Waals surface area contributed by atoms with Gasteiger partial charge in [-0.15, -0.1) is 0 Å². The second-order valence-electron chi connectivity index (χ2n) is 6.44. The first-order valence-corrected chi connectivity index (χ1v) is 10.2. The average molecular weight is 472 g/mol. The number of halogens is 2. The minimum Gasteiger partial charge on any atom is -0.495 e. The third-order valence-electron chi connectivity index (χ3n) is 4.39. The fourth-order valence-corrected chi connectivity index (χ4v) is 3.57. The van der Waals surface area contributed by atoms with E-state index < -0.39 is 5.91 Å². The quantitative estimate of drug-likeness (QED) is 0.358. The number of ether oxygens (including phenoxy) is 1. The van der Waals surface area contributed by atoms with Gasteiger partial charge in [-0.3, -0.25) is 10.1 Å². The van der Waals surface area contributed by atoms with E-state index in [0.717, 1.165) is 5.52 Å². The van der Waals surface area contributed by atoms with Crippen molar-refractivity contribution in [2.75, 3.05) is 12.4 Å². The standard InChI is InChI=1S/C22H15Cl2N3O3S/c1-29-18-9-6-12(10-16(18)24)20(28)27-22(31)25-13-7-8-15(23)14(11-13)21-26-17-4-2-3-5-19(17)30-21/h2-11H,1H3,(H2,25,27,28,31). The van der Waals surface area contributed by atoms with Crippen LogP contribution in [0, 0.1) is 0 Å². The number of fused-ring (bicyclic) bond motifs is 1. The van der Waals surface area contributed by atoms with E-state index in [1.807, 2.05) is 24.3 Å². The number of hydrogen-bond acceptors (Lipinski definition) is 5. The lowest BCUT2D eigenvalue weighted by molar-refractivity contribution is 0.0977. The molecule has 2 N–H and O–H groups in total. The molecule has 6 nitrogen and oxygen atoms in total. The van der Waals surface area contributed by atoms with Crippen molar-refractivity contribution in [3.8, 4) is 17.2 Å². The van der Waals surface area contributed by atoms with Crippen LogP contribution in [-0.4, -0.2) is 23.1 Å². The molecule has 1 amide bonds. The SMILES string of the molecule is COc1ccc(C(=O)NC(=S)Nc2ccc(Cl)c(-c3nc4ccccc4o3)c2)cc1Cl. The van der Waals surface area contributed by atoms with Crippen molar-refractivity contribution in [3.05, 3.63) is 76.3 Å². The van der Waals surface area contributed by atoms with Gasteiger partial charge in [-0.1, -0.05) is 35.3 Å². The monoisotopic (exact) mass is 471 g/mol. The van der Waals surface area contributed by atoms with Gasteiger partial charge in [-0.25, -0.2) is 4.98 Å². The molecule has 0 spiro atoms. The Balaban J connectivity index is 1.50. The number of carbonyl (C=O) groups excluding carboxylic acids is 1. The Kier molecular flexibility index (Phi) is 6.08. The van der Waals surface area contributed by atoms with Crippen LogP contribution in [-0.2, 0) is 0 Å². The second kappa shape index (κ2) is 8.93. The van der Waals surface area contributed by atoms with E-state index in [2.05, 4.69) is 15.6 Å². The van der Waals surface area contributed by atoms with Crippen LogP contribution in [0.25, 0.3) is 22.6 Å². The molecule has 0 bridgehead atoms. The molecule has 9 heteroatoms. The lowest BCUT2D eigenvalue weighted by Gasteiger charge is -2.11. The van der Waals surface area contributed by atoms with E-state index >= 15 is 0 Å². The highest BCUT2D eigenvalue weighted by molar-refractivity contribution is 7.80. The summed E-state index contributed by atoms with van der Waals surface area (Å²) in [6.45, 7) is 0. The molecule has 0 unspecified atom stereocenters. The van der Waals surface area contributed by atoms with Crippen molar-refractivity contribution in [2.45, 2.75) is 0 Å². The third-order valence-corrected chi connectivity index (χ3v) is 5.22. The van der Waals surface area contributed by atoms with Crippen LogP contribution in [0.2, 0.25) is 10.0 Å². The highest BCUT2D eigenvalue weighted by Crippen LogP contribution is 2.32. The topological polar surface area (TPSA) is 76.4 Å². The van der Waals surface area contributed by atoms with E-state index in [1.165, 1.54) is 13.2 Å². The summed E-state index contributed by atoms with van der Waals surface area (Å²) in [4.78, 5) is 16.9. The van der Waals surface area contributed by atoms with E-state index in [4.69, 9.17) is 44.6 Å². The number of carbonyl (C=O) groups is 1. The highest BCUT2D eigenvalue weighted by Gasteiger charge is 2.14. The zero-order valence-corrected chi connectivity index (χ0v) is 18.4. The predicted octanol–water partition coefficient (Wildman–Crippen LogP) is 5.94. The van der Waals surface area contributed by atoms with Crippen LogP contribution >= 0.6 is 35.4 Å². The molecule has 0 saturated carbocycles. The predicted molar refractivity (Wildman–Crippen MR) is 126 cm³/mol. The van der Waals surface area contributed by atoms with Crippen molar-refractivity contribution in [3.63, 3.8) is 0 Å². The minimum absolute atomic E-state index is 0.114. The van der Waals surface area contributed by atoms with Gasteiger partial charge >= 0.3 is 0 Å². The number of benzene rings is 3. The van der Waals surface area contributed by atoms with Gasteiger partial charge in [-0.05, 0) is 60.7 Å². The molecule has 4 aromatic rings. The van der Waals surface area contributed by atoms with Crippen LogP contribution in [0.3, 0.4) is 0 Å². The number of aromatic nitrogens is 1. The average Bonchev–Trinajstić information content (AvgIpc) is 3.19. The third kappa shape index (κ3) is 4.64. The summed E-state index contributed by atoms with van der Waals surface area (Å²) in [6.07, 6.45) is 0. The molecule has 156 valence electrons. The number of nitrogens with zero attached hydrogens (tertiary/aromatic N) is 1. The Labute approximate surface area is 193 Å². The van der Waals surface area contributed by atoms with E-state index in [1.54, 1.807) is 30.3 Å². The van der Waals surface area contributed by atoms with E-state index in [-0.39, 0.29) is 5.11 Å². The maximum atomic E-state index is 12.5. The summed E-state index contributed by atoms with van der Waals surface area (Å²) in [5.41, 5.74) is 2.94. The number of rotatable bonds is 4. The lowest BCUT2D eigenvalue weighted by atomic mass is 10.2. The van der Waals surface area contributed by atoms with Crippen molar-refractivity contribution in [2.24, 2.45) is 0 Å². The number of anilines is 1. The van der Waals surface area contributed by atoms with Gasteiger partial charge in [-0.2, -0.15) is 0 Å². The van der Waals surface area contributed by atoms with E-state index in [9.17, 15) is 4.79 Å². The second-order valence-corrected chi connectivity index (χ2v) is 7.66. The summed E-state index contributed by atoms with van der Waals surface area (Å²) in [7, 11) is 1.50. The summed E-state index contributed by atoms with van der Waals surface area (Å²) in [6, 6.07) is 17.3. The van der Waals surface area contributed by atoms with Crippen LogP contribution in [0.4, 0.5) is 5.69 Å². The lowest BCUT2D eigenvalue weighted by Crippen LogP contribution is -2.34. The Morgan fingerprint density at radius 2 is 1.87 bits per heavy atom. The van der Waals surface area contributed by atoms with Crippen LogP contribution < -0.4 is 15.4 Å². The van der Waals surface area contributed by atoms with Gasteiger partial charge in [0.1, 0.15) is 11.3 Å². The van der Waals surface area contributed by atoms with E-state index in [0.29, 0.717) is 44.1 Å². The molecule has 1 aromatic heterocycles. The normalized spacial score (nSPS) is 10.7. The number of methoxy groups -OCH3 is 1. The van der Waals surface area contributed by atoms with Crippen LogP contribution in [0.5, 0.6) is 5.75 Å². The molecule has 0 saturated heterocycles. The Bertz CT molecular complexity index is 1270.